The van der Waals surface area contributed by atoms with Crippen molar-refractivity contribution in [2.45, 2.75) is 31.0 Å². The van der Waals surface area contributed by atoms with Gasteiger partial charge in [-0.05, 0) is 24.5 Å². The predicted molar refractivity (Wildman–Crippen MR) is 67.8 cm³/mol. The van der Waals surface area contributed by atoms with E-state index in [1.54, 1.807) is 0 Å². The number of hydrogen-bond acceptors (Lipinski definition) is 1. The Bertz CT molecular complexity index is 338. The van der Waals surface area contributed by atoms with Crippen LogP contribution in [0.15, 0.2) is 24.3 Å². The van der Waals surface area contributed by atoms with Gasteiger partial charge in [0.1, 0.15) is 5.78 Å². The van der Waals surface area contributed by atoms with Crippen LogP contribution in [0.3, 0.4) is 0 Å². The Morgan fingerprint density at radius 3 is 2.73 bits per heavy atom. The Balaban J connectivity index is 2.62. The van der Waals surface area contributed by atoms with Crippen LogP contribution in [0, 0.1) is 0 Å². The Morgan fingerprint density at radius 1 is 1.47 bits per heavy atom. The maximum Gasteiger partial charge on any atom is 0.146 e. The molecule has 1 aromatic rings. The first-order valence-corrected chi connectivity index (χ1v) is 6.34. The standard InChI is InChI=1S/C12H14BrClO/c1-2-5-12(15)10(13)8-9-6-3-4-7-11(9)14/h3-4,6-7,10H,2,5,8H2,1H3. The van der Waals surface area contributed by atoms with Gasteiger partial charge in [0.25, 0.3) is 0 Å². The summed E-state index contributed by atoms with van der Waals surface area (Å²) in [5.74, 6) is 0.248. The lowest BCUT2D eigenvalue weighted by molar-refractivity contribution is -0.118. The molecule has 0 aliphatic heterocycles. The SMILES string of the molecule is CCCC(=O)C(Br)Cc1ccccc1Cl. The Morgan fingerprint density at radius 2 is 2.13 bits per heavy atom. The highest BCUT2D eigenvalue weighted by Gasteiger charge is 2.15. The highest BCUT2D eigenvalue weighted by atomic mass is 79.9. The molecule has 0 fully saturated rings. The third kappa shape index (κ3) is 3.96. The number of rotatable bonds is 5. The van der Waals surface area contributed by atoms with Gasteiger partial charge >= 0.3 is 0 Å². The summed E-state index contributed by atoms with van der Waals surface area (Å²) in [6.07, 6.45) is 2.18. The molecule has 82 valence electrons. The topological polar surface area (TPSA) is 17.1 Å². The molecule has 0 amide bonds. The van der Waals surface area contributed by atoms with Gasteiger partial charge in [-0.2, -0.15) is 0 Å². The molecule has 0 saturated carbocycles. The third-order valence-electron chi connectivity index (χ3n) is 2.20. The van der Waals surface area contributed by atoms with E-state index in [0.29, 0.717) is 12.8 Å². The van der Waals surface area contributed by atoms with E-state index in [1.807, 2.05) is 31.2 Å². The maximum atomic E-state index is 11.6. The number of carbonyl (C=O) groups excluding carboxylic acids is 1. The molecule has 0 spiro atoms. The second-order valence-electron chi connectivity index (χ2n) is 3.48. The number of hydrogen-bond donors (Lipinski definition) is 0. The van der Waals surface area contributed by atoms with Crippen LogP contribution < -0.4 is 0 Å². The average Bonchev–Trinajstić information content (AvgIpc) is 2.21. The van der Waals surface area contributed by atoms with Gasteiger partial charge < -0.3 is 0 Å². The largest absolute Gasteiger partial charge is 0.298 e. The summed E-state index contributed by atoms with van der Waals surface area (Å²) in [4.78, 5) is 11.5. The highest BCUT2D eigenvalue weighted by Crippen LogP contribution is 2.20. The molecule has 1 unspecified atom stereocenters. The van der Waals surface area contributed by atoms with Gasteiger partial charge in [-0.3, -0.25) is 4.79 Å². The number of carbonyl (C=O) groups is 1. The van der Waals surface area contributed by atoms with Gasteiger partial charge in [-0.25, -0.2) is 0 Å². The predicted octanol–water partition coefficient (Wildman–Crippen LogP) is 4.02. The zero-order valence-corrected chi connectivity index (χ0v) is 11.0. The van der Waals surface area contributed by atoms with E-state index in [4.69, 9.17) is 11.6 Å². The van der Waals surface area contributed by atoms with Crippen molar-refractivity contribution >= 4 is 33.3 Å². The highest BCUT2D eigenvalue weighted by molar-refractivity contribution is 9.10. The molecule has 0 aromatic heterocycles. The number of Topliss-reactive ketones (excluding diaryl/α,β-unsaturated/α-hetero) is 1. The van der Waals surface area contributed by atoms with Gasteiger partial charge in [0.15, 0.2) is 0 Å². The third-order valence-corrected chi connectivity index (χ3v) is 3.41. The first-order chi connectivity index (χ1) is 7.15. The molecule has 1 atom stereocenters. The molecule has 0 N–H and O–H groups in total. The molecule has 15 heavy (non-hydrogen) atoms. The van der Waals surface area contributed by atoms with Gasteiger partial charge in [0, 0.05) is 11.4 Å². The van der Waals surface area contributed by atoms with E-state index < -0.39 is 0 Å². The quantitative estimate of drug-likeness (QED) is 0.748. The van der Waals surface area contributed by atoms with Crippen molar-refractivity contribution in [1.82, 2.24) is 0 Å². The van der Waals surface area contributed by atoms with Crippen molar-refractivity contribution in [3.05, 3.63) is 34.9 Å². The van der Waals surface area contributed by atoms with E-state index in [0.717, 1.165) is 17.0 Å². The van der Waals surface area contributed by atoms with Crippen LogP contribution in [-0.4, -0.2) is 10.6 Å². The van der Waals surface area contributed by atoms with Crippen LogP contribution in [0.1, 0.15) is 25.3 Å². The van der Waals surface area contributed by atoms with Crippen LogP contribution in [-0.2, 0) is 11.2 Å². The minimum absolute atomic E-state index is 0.114. The van der Waals surface area contributed by atoms with Crippen LogP contribution in [0.5, 0.6) is 0 Å². The second kappa shape index (κ2) is 6.29. The normalized spacial score (nSPS) is 12.5. The number of halogens is 2. The number of ketones is 1. The zero-order valence-electron chi connectivity index (χ0n) is 8.67. The van der Waals surface area contributed by atoms with Crippen LogP contribution in [0.25, 0.3) is 0 Å². The number of alkyl halides is 1. The van der Waals surface area contributed by atoms with E-state index in [-0.39, 0.29) is 10.6 Å². The van der Waals surface area contributed by atoms with Crippen molar-refractivity contribution in [2.75, 3.05) is 0 Å². The molecular formula is C12H14BrClO. The summed E-state index contributed by atoms with van der Waals surface area (Å²) in [6, 6.07) is 7.63. The van der Waals surface area contributed by atoms with Crippen molar-refractivity contribution in [2.24, 2.45) is 0 Å². The van der Waals surface area contributed by atoms with Crippen molar-refractivity contribution in [3.63, 3.8) is 0 Å². The van der Waals surface area contributed by atoms with Gasteiger partial charge in [-0.15, -0.1) is 0 Å². The lowest BCUT2D eigenvalue weighted by Crippen LogP contribution is -2.16. The van der Waals surface area contributed by atoms with Crippen molar-refractivity contribution in [3.8, 4) is 0 Å². The summed E-state index contributed by atoms with van der Waals surface area (Å²) in [6.45, 7) is 2.01. The fourth-order valence-corrected chi connectivity index (χ4v) is 2.16. The molecule has 3 heteroatoms. The molecule has 0 saturated heterocycles. The Kier molecular flexibility index (Phi) is 5.34. The van der Waals surface area contributed by atoms with Gasteiger partial charge in [0.2, 0.25) is 0 Å². The summed E-state index contributed by atoms with van der Waals surface area (Å²) in [5, 5.41) is 0.728. The second-order valence-corrected chi connectivity index (χ2v) is 4.99. The fraction of sp³-hybridized carbons (Fsp3) is 0.417. The molecular weight excluding hydrogens is 275 g/mol. The minimum atomic E-state index is -0.114. The molecule has 0 aliphatic carbocycles. The lowest BCUT2D eigenvalue weighted by Gasteiger charge is -2.09. The van der Waals surface area contributed by atoms with E-state index >= 15 is 0 Å². The molecule has 0 heterocycles. The summed E-state index contributed by atoms with van der Waals surface area (Å²) in [5.41, 5.74) is 1.02. The average molecular weight is 290 g/mol. The first kappa shape index (κ1) is 12.7. The van der Waals surface area contributed by atoms with Crippen LogP contribution >= 0.6 is 27.5 Å². The Hall–Kier alpha value is -0.340. The fourth-order valence-electron chi connectivity index (χ4n) is 1.37. The molecule has 0 aliphatic rings. The lowest BCUT2D eigenvalue weighted by atomic mass is 10.1. The Labute approximate surface area is 104 Å². The zero-order chi connectivity index (χ0) is 11.3. The van der Waals surface area contributed by atoms with Gasteiger partial charge in [-0.1, -0.05) is 52.7 Å². The van der Waals surface area contributed by atoms with E-state index in [1.165, 1.54) is 0 Å². The van der Waals surface area contributed by atoms with Gasteiger partial charge in [0.05, 0.1) is 4.83 Å². The molecule has 0 radical (unpaired) electrons. The molecule has 1 nitrogen and oxygen atoms in total. The van der Waals surface area contributed by atoms with E-state index in [2.05, 4.69) is 15.9 Å². The smallest absolute Gasteiger partial charge is 0.146 e. The first-order valence-electron chi connectivity index (χ1n) is 5.05. The maximum absolute atomic E-state index is 11.6. The molecule has 1 aromatic carbocycles. The molecule has 1 rings (SSSR count). The number of benzene rings is 1. The molecule has 0 bridgehead atoms. The summed E-state index contributed by atoms with van der Waals surface area (Å²) >= 11 is 9.42. The monoisotopic (exact) mass is 288 g/mol. The van der Waals surface area contributed by atoms with E-state index in [9.17, 15) is 4.79 Å². The summed E-state index contributed by atoms with van der Waals surface area (Å²) in [7, 11) is 0. The minimum Gasteiger partial charge on any atom is -0.298 e. The van der Waals surface area contributed by atoms with Crippen molar-refractivity contribution in [1.29, 1.82) is 0 Å². The van der Waals surface area contributed by atoms with Crippen LogP contribution in [0.2, 0.25) is 5.02 Å². The summed E-state index contributed by atoms with van der Waals surface area (Å²) < 4.78 is 0. The van der Waals surface area contributed by atoms with Crippen molar-refractivity contribution < 1.29 is 4.79 Å². The van der Waals surface area contributed by atoms with Crippen LogP contribution in [0.4, 0.5) is 0 Å².